The Labute approximate surface area is 78.6 Å². The predicted octanol–water partition coefficient (Wildman–Crippen LogP) is 3.24. The minimum Gasteiger partial charge on any atom is -0.316 e. The van der Waals surface area contributed by atoms with E-state index in [0.717, 1.165) is 0 Å². The summed E-state index contributed by atoms with van der Waals surface area (Å²) in [7, 11) is 0. The van der Waals surface area contributed by atoms with Crippen molar-refractivity contribution < 1.29 is 0 Å². The lowest BCUT2D eigenvalue weighted by molar-refractivity contribution is 0.559. The van der Waals surface area contributed by atoms with Crippen molar-refractivity contribution in [3.8, 4) is 0 Å². The van der Waals surface area contributed by atoms with Crippen molar-refractivity contribution in [2.24, 2.45) is 0 Å². The number of nitrogens with zero attached hydrogens (tertiary/aromatic N) is 2. The van der Waals surface area contributed by atoms with E-state index in [1.807, 2.05) is 6.20 Å². The van der Waals surface area contributed by atoms with Crippen molar-refractivity contribution >= 4 is 11.6 Å². The zero-order valence-electron chi connectivity index (χ0n) is 8.00. The molecule has 0 aliphatic carbocycles. The lowest BCUT2D eigenvalue weighted by Gasteiger charge is -2.14. The molecule has 0 aliphatic heterocycles. The number of hydrogen-bond acceptors (Lipinski definition) is 1. The van der Waals surface area contributed by atoms with Gasteiger partial charge in [-0.15, -0.1) is 0 Å². The first kappa shape index (κ1) is 9.59. The van der Waals surface area contributed by atoms with E-state index >= 15 is 0 Å². The van der Waals surface area contributed by atoms with Crippen molar-refractivity contribution in [1.29, 1.82) is 0 Å². The summed E-state index contributed by atoms with van der Waals surface area (Å²) in [5, 5.41) is 0.591. The van der Waals surface area contributed by atoms with Crippen LogP contribution in [0.25, 0.3) is 0 Å². The molecule has 0 radical (unpaired) electrons. The quantitative estimate of drug-likeness (QED) is 0.694. The molecule has 0 fully saturated rings. The van der Waals surface area contributed by atoms with Gasteiger partial charge in [0.05, 0.1) is 6.20 Å². The van der Waals surface area contributed by atoms with Gasteiger partial charge in [-0.1, -0.05) is 13.8 Å². The smallest absolute Gasteiger partial charge is 0.203 e. The second-order valence-corrected chi connectivity index (χ2v) is 3.91. The Bertz CT molecular complexity index is 263. The summed E-state index contributed by atoms with van der Waals surface area (Å²) < 4.78 is 2.06. The second kappa shape index (κ2) is 3.48. The molecular formula is C9H15ClN2. The van der Waals surface area contributed by atoms with E-state index < -0.39 is 0 Å². The molecule has 2 nitrogen and oxygen atoms in total. The molecule has 0 aromatic carbocycles. The molecule has 0 atom stereocenters. The van der Waals surface area contributed by atoms with Crippen LogP contribution in [0.5, 0.6) is 0 Å². The maximum absolute atomic E-state index is 5.94. The van der Waals surface area contributed by atoms with Gasteiger partial charge < -0.3 is 4.57 Å². The first-order valence-corrected chi connectivity index (χ1v) is 4.64. The van der Waals surface area contributed by atoms with Gasteiger partial charge in [-0.25, -0.2) is 4.98 Å². The minimum absolute atomic E-state index is 0.386. The summed E-state index contributed by atoms with van der Waals surface area (Å²) in [4.78, 5) is 4.09. The molecule has 0 unspecified atom stereocenters. The van der Waals surface area contributed by atoms with Crippen LogP contribution in [0.15, 0.2) is 6.20 Å². The Morgan fingerprint density at radius 2 is 1.92 bits per heavy atom. The van der Waals surface area contributed by atoms with E-state index in [2.05, 4.69) is 37.2 Å². The van der Waals surface area contributed by atoms with Crippen LogP contribution in [0.2, 0.25) is 5.28 Å². The zero-order chi connectivity index (χ0) is 9.30. The largest absolute Gasteiger partial charge is 0.316 e. The maximum atomic E-state index is 5.94. The number of halogens is 1. The Morgan fingerprint density at radius 3 is 2.25 bits per heavy atom. The minimum atomic E-state index is 0.386. The average Bonchev–Trinajstić information content (AvgIpc) is 2.30. The Morgan fingerprint density at radius 1 is 1.33 bits per heavy atom. The molecule has 3 heteroatoms. The predicted molar refractivity (Wildman–Crippen MR) is 51.7 cm³/mol. The highest BCUT2D eigenvalue weighted by molar-refractivity contribution is 6.28. The van der Waals surface area contributed by atoms with E-state index in [-0.39, 0.29) is 0 Å². The van der Waals surface area contributed by atoms with Gasteiger partial charge in [0.1, 0.15) is 0 Å². The van der Waals surface area contributed by atoms with Gasteiger partial charge in [0.15, 0.2) is 0 Å². The van der Waals surface area contributed by atoms with Crippen LogP contribution < -0.4 is 0 Å². The Balaban J connectivity index is 3.12. The number of aromatic nitrogens is 2. The van der Waals surface area contributed by atoms with Crippen molar-refractivity contribution in [2.75, 3.05) is 0 Å². The van der Waals surface area contributed by atoms with Gasteiger partial charge in [-0.2, -0.15) is 0 Å². The van der Waals surface area contributed by atoms with Crippen LogP contribution in [0.4, 0.5) is 0 Å². The molecule has 1 aromatic heterocycles. The fraction of sp³-hybridized carbons (Fsp3) is 0.667. The SMILES string of the molecule is CC(C)c1cnc(Cl)n1C(C)C. The van der Waals surface area contributed by atoms with E-state index in [1.54, 1.807) is 0 Å². The molecule has 0 saturated carbocycles. The normalized spacial score (nSPS) is 11.6. The lowest BCUT2D eigenvalue weighted by atomic mass is 10.1. The highest BCUT2D eigenvalue weighted by Crippen LogP contribution is 2.23. The third-order valence-electron chi connectivity index (χ3n) is 1.89. The van der Waals surface area contributed by atoms with Crippen LogP contribution in [0.3, 0.4) is 0 Å². The van der Waals surface area contributed by atoms with Gasteiger partial charge in [-0.3, -0.25) is 0 Å². The van der Waals surface area contributed by atoms with E-state index in [0.29, 0.717) is 17.2 Å². The molecule has 1 heterocycles. The summed E-state index contributed by atoms with van der Waals surface area (Å²) in [6.07, 6.45) is 1.85. The van der Waals surface area contributed by atoms with Crippen LogP contribution in [-0.4, -0.2) is 9.55 Å². The lowest BCUT2D eigenvalue weighted by Crippen LogP contribution is -2.06. The van der Waals surface area contributed by atoms with Gasteiger partial charge in [0, 0.05) is 11.7 Å². The first-order chi connectivity index (χ1) is 5.54. The van der Waals surface area contributed by atoms with Crippen molar-refractivity contribution in [2.45, 2.75) is 39.7 Å². The van der Waals surface area contributed by atoms with Crippen LogP contribution in [-0.2, 0) is 0 Å². The van der Waals surface area contributed by atoms with Crippen LogP contribution in [0.1, 0.15) is 45.3 Å². The summed E-state index contributed by atoms with van der Waals surface area (Å²) >= 11 is 5.94. The Hall–Kier alpha value is -0.500. The molecule has 1 aromatic rings. The van der Waals surface area contributed by atoms with Crippen molar-refractivity contribution in [1.82, 2.24) is 9.55 Å². The molecule has 0 aliphatic rings. The third-order valence-corrected chi connectivity index (χ3v) is 2.17. The number of hydrogen-bond donors (Lipinski definition) is 0. The average molecular weight is 187 g/mol. The maximum Gasteiger partial charge on any atom is 0.203 e. The summed E-state index contributed by atoms with van der Waals surface area (Å²) in [6.45, 7) is 8.51. The summed E-state index contributed by atoms with van der Waals surface area (Å²) in [5.74, 6) is 0.479. The molecule has 0 saturated heterocycles. The fourth-order valence-corrected chi connectivity index (χ4v) is 1.63. The highest BCUT2D eigenvalue weighted by Gasteiger charge is 2.12. The molecule has 0 amide bonds. The molecule has 1 rings (SSSR count). The molecular weight excluding hydrogens is 172 g/mol. The molecule has 0 N–H and O–H groups in total. The van der Waals surface area contributed by atoms with Gasteiger partial charge >= 0.3 is 0 Å². The Kier molecular flexibility index (Phi) is 2.78. The van der Waals surface area contributed by atoms with Crippen molar-refractivity contribution in [3.63, 3.8) is 0 Å². The third kappa shape index (κ3) is 1.63. The second-order valence-electron chi connectivity index (χ2n) is 3.57. The zero-order valence-corrected chi connectivity index (χ0v) is 8.76. The highest BCUT2D eigenvalue weighted by atomic mass is 35.5. The van der Waals surface area contributed by atoms with Crippen LogP contribution >= 0.6 is 11.6 Å². The number of rotatable bonds is 2. The summed E-state index contributed by atoms with van der Waals surface area (Å²) in [5.41, 5.74) is 1.20. The van der Waals surface area contributed by atoms with E-state index in [1.165, 1.54) is 5.69 Å². The molecule has 0 spiro atoms. The molecule has 12 heavy (non-hydrogen) atoms. The monoisotopic (exact) mass is 186 g/mol. The molecule has 0 bridgehead atoms. The standard InChI is InChI=1S/C9H15ClN2/c1-6(2)8-5-11-9(10)12(8)7(3)4/h5-7H,1-4H3. The topological polar surface area (TPSA) is 17.8 Å². The fourth-order valence-electron chi connectivity index (χ4n) is 1.29. The van der Waals surface area contributed by atoms with E-state index in [9.17, 15) is 0 Å². The van der Waals surface area contributed by atoms with Gasteiger partial charge in [0.25, 0.3) is 0 Å². The number of imidazole rings is 1. The van der Waals surface area contributed by atoms with Gasteiger partial charge in [-0.05, 0) is 31.4 Å². The van der Waals surface area contributed by atoms with Crippen LogP contribution in [0, 0.1) is 0 Å². The van der Waals surface area contributed by atoms with Crippen molar-refractivity contribution in [3.05, 3.63) is 17.2 Å². The summed E-state index contributed by atoms with van der Waals surface area (Å²) in [6, 6.07) is 0.386. The first-order valence-electron chi connectivity index (χ1n) is 4.26. The molecule has 68 valence electrons. The van der Waals surface area contributed by atoms with Gasteiger partial charge in [0.2, 0.25) is 5.28 Å². The van der Waals surface area contributed by atoms with E-state index in [4.69, 9.17) is 11.6 Å².